The van der Waals surface area contributed by atoms with Crippen LogP contribution in [0.1, 0.15) is 21.2 Å². The predicted octanol–water partition coefficient (Wildman–Crippen LogP) is -1.91. The van der Waals surface area contributed by atoms with Crippen LogP contribution in [0.5, 0.6) is 0 Å². The van der Waals surface area contributed by atoms with Gasteiger partial charge in [-0.25, -0.2) is 4.39 Å². The second-order valence-electron chi connectivity index (χ2n) is 1.71. The van der Waals surface area contributed by atoms with Crippen LogP contribution in [0.4, 0.5) is 4.39 Å². The van der Waals surface area contributed by atoms with Crippen molar-refractivity contribution in [1.82, 2.24) is 0 Å². The van der Waals surface area contributed by atoms with Gasteiger partial charge in [0.15, 0.2) is 0 Å². The Morgan fingerprint density at radius 2 is 2.10 bits per heavy atom. The number of alkyl halides is 1. The predicted molar refractivity (Wildman–Crippen MR) is 32.5 cm³/mol. The average Bonchev–Trinajstić information content (AvgIpc) is 1.64. The molecule has 10 heavy (non-hydrogen) atoms. The van der Waals surface area contributed by atoms with Gasteiger partial charge in [0.1, 0.15) is 0 Å². The van der Waals surface area contributed by atoms with E-state index in [2.05, 4.69) is 0 Å². The molecule has 0 rings (SSSR count). The molecule has 1 unspecified atom stereocenters. The molecule has 0 fully saturated rings. The summed E-state index contributed by atoms with van der Waals surface area (Å²) in [5, 5.41) is 0. The molecule has 0 heterocycles. The third-order valence-electron chi connectivity index (χ3n) is 0.839. The van der Waals surface area contributed by atoms with E-state index in [0.717, 1.165) is 0 Å². The summed E-state index contributed by atoms with van der Waals surface area (Å²) in [7, 11) is -4.43. The number of halogens is 1. The van der Waals surface area contributed by atoms with Crippen LogP contribution in [0.25, 0.3) is 0 Å². The summed E-state index contributed by atoms with van der Waals surface area (Å²) >= 11 is 0. The quantitative estimate of drug-likeness (QED) is 0.407. The van der Waals surface area contributed by atoms with E-state index in [1.54, 1.807) is 6.92 Å². The maximum Gasteiger partial charge on any atom is 1.00 e. The van der Waals surface area contributed by atoms with Gasteiger partial charge >= 0.3 is 29.6 Å². The second-order valence-corrected chi connectivity index (χ2v) is 3.26. The van der Waals surface area contributed by atoms with Crippen molar-refractivity contribution in [3.05, 3.63) is 0 Å². The van der Waals surface area contributed by atoms with Crippen LogP contribution in [-0.2, 0) is 10.1 Å². The van der Waals surface area contributed by atoms with Crippen LogP contribution in [0, 0.1) is 0 Å². The fourth-order valence-corrected chi connectivity index (χ4v) is 0.909. The van der Waals surface area contributed by atoms with E-state index in [9.17, 15) is 12.8 Å². The van der Waals surface area contributed by atoms with Gasteiger partial charge in [0.05, 0.1) is 0 Å². The third kappa shape index (κ3) is 5.61. The van der Waals surface area contributed by atoms with Gasteiger partial charge in [0, 0.05) is 0 Å². The van der Waals surface area contributed by atoms with Gasteiger partial charge in [-0.15, -0.1) is 0 Å². The molecular formula is C4H10FNaO3S. The van der Waals surface area contributed by atoms with Gasteiger partial charge < -0.3 is 1.43 Å². The Hall–Kier alpha value is 0.840. The number of hydrogen-bond donors (Lipinski definition) is 1. The van der Waals surface area contributed by atoms with Crippen molar-refractivity contribution in [3.8, 4) is 0 Å². The first kappa shape index (κ1) is 13.4. The molecule has 0 amide bonds. The molecule has 6 heteroatoms. The van der Waals surface area contributed by atoms with E-state index in [0.29, 0.717) is 6.42 Å². The SMILES string of the molecule is CCCC(F)S(=O)(=O)O.[H-].[Na+]. The molecule has 0 aliphatic rings. The van der Waals surface area contributed by atoms with Gasteiger partial charge in [-0.2, -0.15) is 8.42 Å². The first-order valence-electron chi connectivity index (χ1n) is 2.59. The van der Waals surface area contributed by atoms with Gasteiger partial charge in [-0.1, -0.05) is 13.3 Å². The van der Waals surface area contributed by atoms with Crippen molar-refractivity contribution in [3.63, 3.8) is 0 Å². The Labute approximate surface area is 83.5 Å². The largest absolute Gasteiger partial charge is 1.00 e. The van der Waals surface area contributed by atoms with E-state index in [1.165, 1.54) is 0 Å². The van der Waals surface area contributed by atoms with Crippen molar-refractivity contribution >= 4 is 10.1 Å². The fraction of sp³-hybridized carbons (Fsp3) is 1.00. The first-order chi connectivity index (χ1) is 3.98. The summed E-state index contributed by atoms with van der Waals surface area (Å²) in [6, 6.07) is 0. The van der Waals surface area contributed by atoms with E-state index in [1.807, 2.05) is 0 Å². The van der Waals surface area contributed by atoms with Crippen molar-refractivity contribution < 1.29 is 48.3 Å². The van der Waals surface area contributed by atoms with E-state index < -0.39 is 15.6 Å². The molecule has 0 saturated carbocycles. The molecule has 0 saturated heterocycles. The Morgan fingerprint density at radius 3 is 2.20 bits per heavy atom. The molecule has 3 nitrogen and oxygen atoms in total. The zero-order valence-corrected chi connectivity index (χ0v) is 8.86. The summed E-state index contributed by atoms with van der Waals surface area (Å²) in [5.74, 6) is 0. The average molecular weight is 180 g/mol. The summed E-state index contributed by atoms with van der Waals surface area (Å²) in [6.07, 6.45) is 0.264. The summed E-state index contributed by atoms with van der Waals surface area (Å²) in [4.78, 5) is 0. The molecule has 0 bridgehead atoms. The maximum atomic E-state index is 12.1. The van der Waals surface area contributed by atoms with E-state index in [-0.39, 0.29) is 37.4 Å². The van der Waals surface area contributed by atoms with Crippen molar-refractivity contribution in [2.24, 2.45) is 0 Å². The molecule has 0 aliphatic carbocycles. The van der Waals surface area contributed by atoms with Gasteiger partial charge in [0.2, 0.25) is 5.50 Å². The zero-order chi connectivity index (χ0) is 7.49. The molecule has 0 aromatic rings. The molecule has 0 aromatic heterocycles. The third-order valence-corrected chi connectivity index (χ3v) is 1.72. The van der Waals surface area contributed by atoms with E-state index >= 15 is 0 Å². The smallest absolute Gasteiger partial charge is 1.00 e. The topological polar surface area (TPSA) is 54.4 Å². The van der Waals surface area contributed by atoms with Crippen LogP contribution in [0.15, 0.2) is 0 Å². The van der Waals surface area contributed by atoms with Crippen LogP contribution in [0.3, 0.4) is 0 Å². The Balaban J connectivity index is -0.000000320. The van der Waals surface area contributed by atoms with Crippen molar-refractivity contribution in [2.45, 2.75) is 25.3 Å². The molecule has 0 spiro atoms. The minimum absolute atomic E-state index is 0. The second kappa shape index (κ2) is 5.49. The van der Waals surface area contributed by atoms with Crippen LogP contribution in [0.2, 0.25) is 0 Å². The fourth-order valence-electron chi connectivity index (χ4n) is 0.376. The first-order valence-corrected chi connectivity index (χ1v) is 4.09. The molecule has 58 valence electrons. The molecule has 1 N–H and O–H groups in total. The molecule has 1 atom stereocenters. The molecule has 0 aromatic carbocycles. The van der Waals surface area contributed by atoms with Gasteiger partial charge in [-0.05, 0) is 6.42 Å². The minimum atomic E-state index is -4.43. The summed E-state index contributed by atoms with van der Waals surface area (Å²) in [6.45, 7) is 1.64. The monoisotopic (exact) mass is 180 g/mol. The zero-order valence-electron chi connectivity index (χ0n) is 7.04. The standard InChI is InChI=1S/C4H9FO3S.Na.H/c1-2-3-4(5)9(6,7)8;;/h4H,2-3H2,1H3,(H,6,7,8);;/q;+1;-1. The van der Waals surface area contributed by atoms with Crippen LogP contribution in [-0.4, -0.2) is 18.5 Å². The van der Waals surface area contributed by atoms with Crippen LogP contribution < -0.4 is 29.6 Å². The van der Waals surface area contributed by atoms with E-state index in [4.69, 9.17) is 4.55 Å². The van der Waals surface area contributed by atoms with Crippen LogP contribution >= 0.6 is 0 Å². The normalized spacial score (nSPS) is 13.9. The summed E-state index contributed by atoms with van der Waals surface area (Å²) in [5.41, 5.74) is -2.11. The Morgan fingerprint density at radius 1 is 1.70 bits per heavy atom. The number of rotatable bonds is 3. The maximum absolute atomic E-state index is 12.1. The molecule has 0 aliphatic heterocycles. The Kier molecular flexibility index (Phi) is 7.37. The minimum Gasteiger partial charge on any atom is -1.00 e. The van der Waals surface area contributed by atoms with Crippen molar-refractivity contribution in [2.75, 3.05) is 0 Å². The van der Waals surface area contributed by atoms with Gasteiger partial charge in [-0.3, -0.25) is 4.55 Å². The summed E-state index contributed by atoms with van der Waals surface area (Å²) < 4.78 is 39.9. The Bertz CT molecular complexity index is 172. The van der Waals surface area contributed by atoms with Gasteiger partial charge in [0.25, 0.3) is 10.1 Å². The van der Waals surface area contributed by atoms with Crippen molar-refractivity contribution in [1.29, 1.82) is 0 Å². The molecular weight excluding hydrogens is 170 g/mol. The number of hydrogen-bond acceptors (Lipinski definition) is 2. The molecule has 0 radical (unpaired) electrons.